The molecule has 1 amide bonds. The minimum Gasteiger partial charge on any atom is -0.493 e. The number of fused-ring (bicyclic) bond motifs is 1. The molecule has 0 bridgehead atoms. The van der Waals surface area contributed by atoms with Crippen molar-refractivity contribution in [2.45, 2.75) is 53.1 Å². The Hall–Kier alpha value is -2.54. The summed E-state index contributed by atoms with van der Waals surface area (Å²) in [5, 5.41) is 3.44. The maximum absolute atomic E-state index is 12.9. The monoisotopic (exact) mass is 445 g/mol. The second-order valence-corrected chi connectivity index (χ2v) is 10.0. The van der Waals surface area contributed by atoms with Crippen molar-refractivity contribution in [2.75, 3.05) is 19.5 Å². The molecule has 1 N–H and O–H groups in total. The average molecular weight is 446 g/mol. The number of methoxy groups -OCH3 is 2. The van der Waals surface area contributed by atoms with Gasteiger partial charge in [0.15, 0.2) is 17.6 Å². The molecule has 168 valence electrons. The molecule has 1 heterocycles. The van der Waals surface area contributed by atoms with Gasteiger partial charge < -0.3 is 19.5 Å². The second kappa shape index (κ2) is 9.30. The van der Waals surface area contributed by atoms with Gasteiger partial charge in [0.2, 0.25) is 0 Å². The van der Waals surface area contributed by atoms with E-state index >= 15 is 0 Å². The Kier molecular flexibility index (Phi) is 6.94. The Labute approximate surface area is 187 Å². The van der Waals surface area contributed by atoms with E-state index in [1.165, 1.54) is 18.4 Å². The Morgan fingerprint density at radius 2 is 1.84 bits per heavy atom. The lowest BCUT2D eigenvalue weighted by Crippen LogP contribution is -2.30. The predicted molar refractivity (Wildman–Crippen MR) is 122 cm³/mol. The number of esters is 1. The van der Waals surface area contributed by atoms with Gasteiger partial charge in [-0.15, -0.1) is 11.3 Å². The molecule has 31 heavy (non-hydrogen) atoms. The Balaban J connectivity index is 1.83. The van der Waals surface area contributed by atoms with E-state index in [1.807, 2.05) is 12.1 Å². The zero-order valence-electron chi connectivity index (χ0n) is 19.0. The van der Waals surface area contributed by atoms with Gasteiger partial charge in [0.25, 0.3) is 5.91 Å². The zero-order chi connectivity index (χ0) is 22.8. The largest absolute Gasteiger partial charge is 0.493 e. The molecule has 1 aromatic heterocycles. The topological polar surface area (TPSA) is 73.9 Å². The highest BCUT2D eigenvalue weighted by Crippen LogP contribution is 2.44. The maximum Gasteiger partial charge on any atom is 0.341 e. The summed E-state index contributed by atoms with van der Waals surface area (Å²) < 4.78 is 16.1. The molecule has 0 spiro atoms. The van der Waals surface area contributed by atoms with Gasteiger partial charge in [-0.1, -0.05) is 32.9 Å². The lowest BCUT2D eigenvalue weighted by atomic mass is 9.72. The number of nitrogens with one attached hydrogen (secondary N) is 1. The highest BCUT2D eigenvalue weighted by Gasteiger charge is 2.34. The summed E-state index contributed by atoms with van der Waals surface area (Å²) in [5.41, 5.74) is 1.67. The van der Waals surface area contributed by atoms with Crippen LogP contribution in [0.1, 0.15) is 54.9 Å². The molecule has 1 aliphatic rings. The standard InChI is InChI=1S/C24H31NO5S/c1-14(30-18-10-8-7-9-17(18)28-5)21(26)25-22-20(23(27)29-6)16-12-11-15(24(2,3)4)13-19(16)31-22/h7-10,14-15H,11-13H2,1-6H3,(H,25,26). The summed E-state index contributed by atoms with van der Waals surface area (Å²) >= 11 is 1.47. The van der Waals surface area contributed by atoms with Crippen molar-refractivity contribution in [3.8, 4) is 11.5 Å². The average Bonchev–Trinajstić information content (AvgIpc) is 3.09. The van der Waals surface area contributed by atoms with Crippen LogP contribution in [0, 0.1) is 11.3 Å². The summed E-state index contributed by atoms with van der Waals surface area (Å²) in [6, 6.07) is 7.17. The number of hydrogen-bond acceptors (Lipinski definition) is 6. The van der Waals surface area contributed by atoms with E-state index in [9.17, 15) is 9.59 Å². The molecule has 0 saturated carbocycles. The van der Waals surface area contributed by atoms with Gasteiger partial charge in [0.05, 0.1) is 19.8 Å². The quantitative estimate of drug-likeness (QED) is 0.626. The first-order valence-corrected chi connectivity index (χ1v) is 11.3. The van der Waals surface area contributed by atoms with Crippen LogP contribution in [0.15, 0.2) is 24.3 Å². The van der Waals surface area contributed by atoms with Gasteiger partial charge in [-0.2, -0.15) is 0 Å². The summed E-state index contributed by atoms with van der Waals surface area (Å²) in [6.45, 7) is 8.41. The molecule has 1 aromatic carbocycles. The number of rotatable bonds is 6. The fraction of sp³-hybridized carbons (Fsp3) is 0.500. The molecule has 6 nitrogen and oxygen atoms in total. The van der Waals surface area contributed by atoms with Gasteiger partial charge in [-0.3, -0.25) is 4.79 Å². The van der Waals surface area contributed by atoms with Crippen LogP contribution in [0.4, 0.5) is 5.00 Å². The highest BCUT2D eigenvalue weighted by atomic mass is 32.1. The molecule has 1 aliphatic carbocycles. The summed E-state index contributed by atoms with van der Waals surface area (Å²) in [6.07, 6.45) is 1.94. The van der Waals surface area contributed by atoms with Gasteiger partial charge in [-0.25, -0.2) is 4.79 Å². The van der Waals surface area contributed by atoms with Crippen LogP contribution in [0.3, 0.4) is 0 Å². The van der Waals surface area contributed by atoms with Crippen molar-refractivity contribution in [1.29, 1.82) is 0 Å². The Morgan fingerprint density at radius 3 is 2.45 bits per heavy atom. The van der Waals surface area contributed by atoms with Gasteiger partial charge in [0, 0.05) is 4.88 Å². The van der Waals surface area contributed by atoms with E-state index in [1.54, 1.807) is 26.2 Å². The summed E-state index contributed by atoms with van der Waals surface area (Å²) in [4.78, 5) is 26.6. The minimum absolute atomic E-state index is 0.188. The number of carbonyl (C=O) groups excluding carboxylic acids is 2. The third kappa shape index (κ3) is 5.03. The van der Waals surface area contributed by atoms with Gasteiger partial charge in [-0.05, 0) is 55.2 Å². The van der Waals surface area contributed by atoms with Crippen molar-refractivity contribution in [3.63, 3.8) is 0 Å². The minimum atomic E-state index is -0.775. The number of anilines is 1. The van der Waals surface area contributed by atoms with E-state index in [2.05, 4.69) is 26.1 Å². The van der Waals surface area contributed by atoms with Crippen LogP contribution in [0.5, 0.6) is 11.5 Å². The van der Waals surface area contributed by atoms with Crippen molar-refractivity contribution in [2.24, 2.45) is 11.3 Å². The maximum atomic E-state index is 12.9. The SMILES string of the molecule is COC(=O)c1c(NC(=O)C(C)Oc2ccccc2OC)sc2c1CCC(C(C)(C)C)C2. The summed E-state index contributed by atoms with van der Waals surface area (Å²) in [5.74, 6) is 0.819. The van der Waals surface area contributed by atoms with Crippen molar-refractivity contribution in [3.05, 3.63) is 40.3 Å². The lowest BCUT2D eigenvalue weighted by Gasteiger charge is -2.33. The molecular formula is C24H31NO5S. The van der Waals surface area contributed by atoms with Crippen LogP contribution < -0.4 is 14.8 Å². The molecule has 2 atom stereocenters. The van der Waals surface area contributed by atoms with Crippen molar-refractivity contribution < 1.29 is 23.8 Å². The van der Waals surface area contributed by atoms with E-state index in [0.717, 1.165) is 29.7 Å². The Bertz CT molecular complexity index is 959. The molecule has 0 saturated heterocycles. The number of hydrogen-bond donors (Lipinski definition) is 1. The van der Waals surface area contributed by atoms with Crippen LogP contribution >= 0.6 is 11.3 Å². The third-order valence-electron chi connectivity index (χ3n) is 5.86. The molecule has 0 fully saturated rings. The fourth-order valence-corrected chi connectivity index (χ4v) is 5.22. The molecule has 2 unspecified atom stereocenters. The van der Waals surface area contributed by atoms with Crippen molar-refractivity contribution in [1.82, 2.24) is 0 Å². The molecule has 3 rings (SSSR count). The first kappa shape index (κ1) is 23.1. The predicted octanol–water partition coefficient (Wildman–Crippen LogP) is 5.10. The van der Waals surface area contributed by atoms with Crippen LogP contribution in [-0.2, 0) is 22.4 Å². The molecule has 0 aliphatic heterocycles. The molecule has 2 aromatic rings. The number of amides is 1. The lowest BCUT2D eigenvalue weighted by molar-refractivity contribution is -0.122. The third-order valence-corrected chi connectivity index (χ3v) is 7.03. The van der Waals surface area contributed by atoms with E-state index < -0.39 is 12.1 Å². The van der Waals surface area contributed by atoms with E-state index in [-0.39, 0.29) is 11.3 Å². The molecular weight excluding hydrogens is 414 g/mol. The normalized spacial score (nSPS) is 16.8. The van der Waals surface area contributed by atoms with Crippen LogP contribution in [0.2, 0.25) is 0 Å². The van der Waals surface area contributed by atoms with Crippen LogP contribution in [0.25, 0.3) is 0 Å². The number of benzene rings is 1. The number of para-hydroxylation sites is 2. The van der Waals surface area contributed by atoms with Crippen LogP contribution in [-0.4, -0.2) is 32.2 Å². The highest BCUT2D eigenvalue weighted by molar-refractivity contribution is 7.17. The van der Waals surface area contributed by atoms with Gasteiger partial charge in [0.1, 0.15) is 5.00 Å². The van der Waals surface area contributed by atoms with E-state index in [0.29, 0.717) is 28.0 Å². The first-order chi connectivity index (χ1) is 14.7. The molecule has 7 heteroatoms. The second-order valence-electron chi connectivity index (χ2n) is 8.91. The fourth-order valence-electron chi connectivity index (χ4n) is 3.90. The van der Waals surface area contributed by atoms with Crippen molar-refractivity contribution >= 4 is 28.2 Å². The smallest absolute Gasteiger partial charge is 0.341 e. The number of carbonyl (C=O) groups is 2. The first-order valence-electron chi connectivity index (χ1n) is 10.5. The molecule has 0 radical (unpaired) electrons. The zero-order valence-corrected chi connectivity index (χ0v) is 19.9. The van der Waals surface area contributed by atoms with E-state index in [4.69, 9.17) is 14.2 Å². The number of thiophene rings is 1. The summed E-state index contributed by atoms with van der Waals surface area (Å²) in [7, 11) is 2.92. The number of ether oxygens (including phenoxy) is 3. The van der Waals surface area contributed by atoms with Gasteiger partial charge >= 0.3 is 5.97 Å². The Morgan fingerprint density at radius 1 is 1.16 bits per heavy atom.